The lowest BCUT2D eigenvalue weighted by Crippen LogP contribution is -2.19. The van der Waals surface area contributed by atoms with Crippen LogP contribution in [0.5, 0.6) is 11.5 Å². The minimum absolute atomic E-state index is 0.340. The van der Waals surface area contributed by atoms with Crippen molar-refractivity contribution >= 4 is 30.9 Å². The van der Waals surface area contributed by atoms with E-state index in [-0.39, 0.29) is 10.8 Å². The van der Waals surface area contributed by atoms with Gasteiger partial charge >= 0.3 is 19.7 Å². The molecule has 178 valence electrons. The second-order valence-corrected chi connectivity index (χ2v) is 11.7. The Morgan fingerprint density at radius 2 is 1.15 bits per heavy atom. The standard InChI is InChI=1S/C25H30ClO6P/c1-24(2,3)18-12-16(22(27)29-7)10-14-9-15-11-17(23(28)30-8)13-19(25(4,5)6)21(15)32-33(26)31-20(14)18/h10-13H,9H2,1-8H3. The molecule has 0 bridgehead atoms. The zero-order chi connectivity index (χ0) is 24.7. The number of esters is 2. The molecule has 33 heavy (non-hydrogen) atoms. The number of fused-ring (bicyclic) bond motifs is 2. The van der Waals surface area contributed by atoms with Gasteiger partial charge in [0, 0.05) is 28.7 Å². The van der Waals surface area contributed by atoms with Crippen molar-refractivity contribution < 1.29 is 28.1 Å². The summed E-state index contributed by atoms with van der Waals surface area (Å²) in [6.45, 7) is 12.2. The van der Waals surface area contributed by atoms with Crippen LogP contribution < -0.4 is 9.05 Å². The molecule has 2 aromatic carbocycles. The van der Waals surface area contributed by atoms with Crippen molar-refractivity contribution in [2.24, 2.45) is 0 Å². The van der Waals surface area contributed by atoms with Crippen molar-refractivity contribution in [1.29, 1.82) is 0 Å². The molecule has 0 aromatic heterocycles. The van der Waals surface area contributed by atoms with Crippen LogP contribution in [0, 0.1) is 0 Å². The molecule has 0 saturated carbocycles. The van der Waals surface area contributed by atoms with Crippen molar-refractivity contribution in [1.82, 2.24) is 0 Å². The maximum Gasteiger partial charge on any atom is 0.401 e. The van der Waals surface area contributed by atoms with E-state index >= 15 is 0 Å². The summed E-state index contributed by atoms with van der Waals surface area (Å²) in [6.07, 6.45) is 0.368. The highest BCUT2D eigenvalue weighted by Crippen LogP contribution is 2.53. The second-order valence-electron chi connectivity index (χ2n) is 10.1. The van der Waals surface area contributed by atoms with Crippen LogP contribution in [-0.2, 0) is 26.7 Å². The third-order valence-corrected chi connectivity index (χ3v) is 6.56. The normalized spacial score (nSPS) is 14.1. The molecule has 3 rings (SSSR count). The SMILES string of the molecule is COC(=O)c1cc2c(c(C(C)(C)C)c1)OP(Cl)Oc1c(cc(C(=O)OC)cc1C(C)(C)C)C2. The van der Waals surface area contributed by atoms with E-state index in [1.54, 1.807) is 24.3 Å². The number of ether oxygens (including phenoxy) is 2. The van der Waals surface area contributed by atoms with Gasteiger partial charge in [0.2, 0.25) is 0 Å². The summed E-state index contributed by atoms with van der Waals surface area (Å²) in [5, 5.41) is 0. The van der Waals surface area contributed by atoms with Gasteiger partial charge in [-0.15, -0.1) is 0 Å². The monoisotopic (exact) mass is 492 g/mol. The molecule has 1 aliphatic heterocycles. The van der Waals surface area contributed by atoms with E-state index in [0.717, 1.165) is 22.3 Å². The summed E-state index contributed by atoms with van der Waals surface area (Å²) in [6, 6.07) is 7.07. The molecule has 0 radical (unpaired) electrons. The van der Waals surface area contributed by atoms with Crippen LogP contribution in [0.3, 0.4) is 0 Å². The van der Waals surface area contributed by atoms with Crippen LogP contribution in [-0.4, -0.2) is 26.2 Å². The Kier molecular flexibility index (Phi) is 7.02. The highest BCUT2D eigenvalue weighted by molar-refractivity contribution is 7.76. The van der Waals surface area contributed by atoms with Crippen molar-refractivity contribution in [2.45, 2.75) is 58.8 Å². The number of rotatable bonds is 2. The van der Waals surface area contributed by atoms with Gasteiger partial charge in [0.05, 0.1) is 25.3 Å². The van der Waals surface area contributed by atoms with Crippen LogP contribution in [0.15, 0.2) is 24.3 Å². The Hall–Kier alpha value is -2.30. The molecule has 0 atom stereocenters. The number of benzene rings is 2. The Morgan fingerprint density at radius 1 is 0.788 bits per heavy atom. The minimum Gasteiger partial charge on any atom is -0.465 e. The smallest absolute Gasteiger partial charge is 0.401 e. The van der Waals surface area contributed by atoms with E-state index in [4.69, 9.17) is 29.8 Å². The lowest BCUT2D eigenvalue weighted by Gasteiger charge is -2.31. The summed E-state index contributed by atoms with van der Waals surface area (Å²) in [7, 11) is 0.853. The largest absolute Gasteiger partial charge is 0.465 e. The number of carbonyl (C=O) groups is 2. The van der Waals surface area contributed by atoms with Gasteiger partial charge in [0.25, 0.3) is 0 Å². The average molecular weight is 493 g/mol. The van der Waals surface area contributed by atoms with Crippen molar-refractivity contribution in [2.75, 3.05) is 14.2 Å². The Bertz CT molecular complexity index is 1010. The van der Waals surface area contributed by atoms with Gasteiger partial charge in [0.1, 0.15) is 11.5 Å². The third-order valence-electron chi connectivity index (χ3n) is 5.50. The van der Waals surface area contributed by atoms with Gasteiger partial charge in [-0.2, -0.15) is 0 Å². The van der Waals surface area contributed by atoms with E-state index < -0.39 is 19.7 Å². The minimum atomic E-state index is -1.85. The number of carbonyl (C=O) groups excluding carboxylic acids is 2. The fraction of sp³-hybridized carbons (Fsp3) is 0.440. The fourth-order valence-electron chi connectivity index (χ4n) is 3.81. The summed E-state index contributed by atoms with van der Waals surface area (Å²) in [4.78, 5) is 24.9. The Labute approximate surface area is 201 Å². The molecule has 1 aliphatic rings. The van der Waals surface area contributed by atoms with Gasteiger partial charge in [0.15, 0.2) is 0 Å². The van der Waals surface area contributed by atoms with E-state index in [2.05, 4.69) is 0 Å². The first-order chi connectivity index (χ1) is 15.3. The van der Waals surface area contributed by atoms with Crippen molar-refractivity contribution in [3.63, 3.8) is 0 Å². The zero-order valence-electron chi connectivity index (χ0n) is 20.3. The number of hydrogen-bond acceptors (Lipinski definition) is 6. The fourth-order valence-corrected chi connectivity index (χ4v) is 4.98. The molecule has 0 unspecified atom stereocenters. The highest BCUT2D eigenvalue weighted by Gasteiger charge is 2.33. The lowest BCUT2D eigenvalue weighted by atomic mass is 9.81. The molecule has 6 nitrogen and oxygen atoms in total. The average Bonchev–Trinajstić information content (AvgIpc) is 2.71. The predicted octanol–water partition coefficient (Wildman–Crippen LogP) is 6.68. The molecule has 2 aromatic rings. The molecular formula is C25H30ClO6P. The predicted molar refractivity (Wildman–Crippen MR) is 130 cm³/mol. The third kappa shape index (κ3) is 5.28. The van der Waals surface area contributed by atoms with Crippen LogP contribution in [0.25, 0.3) is 0 Å². The summed E-state index contributed by atoms with van der Waals surface area (Å²) in [5.74, 6) is 0.299. The first-order valence-corrected chi connectivity index (χ1v) is 12.7. The van der Waals surface area contributed by atoms with Crippen molar-refractivity contribution in [3.05, 3.63) is 57.6 Å². The maximum atomic E-state index is 12.4. The van der Waals surface area contributed by atoms with Gasteiger partial charge < -0.3 is 18.5 Å². The van der Waals surface area contributed by atoms with E-state index in [1.807, 2.05) is 41.5 Å². The topological polar surface area (TPSA) is 71.1 Å². The van der Waals surface area contributed by atoms with Gasteiger partial charge in [-0.25, -0.2) is 9.59 Å². The maximum absolute atomic E-state index is 12.4. The van der Waals surface area contributed by atoms with Crippen LogP contribution in [0.4, 0.5) is 0 Å². The molecule has 0 fully saturated rings. The molecule has 0 aliphatic carbocycles. The quantitative estimate of drug-likeness (QED) is 0.344. The molecule has 0 spiro atoms. The van der Waals surface area contributed by atoms with E-state index in [1.165, 1.54) is 14.2 Å². The van der Waals surface area contributed by atoms with Gasteiger partial charge in [-0.3, -0.25) is 0 Å². The summed E-state index contributed by atoms with van der Waals surface area (Å²) >= 11 is 6.59. The zero-order valence-corrected chi connectivity index (χ0v) is 21.9. The first-order valence-electron chi connectivity index (χ1n) is 10.6. The number of methoxy groups -OCH3 is 2. The summed E-state index contributed by atoms with van der Waals surface area (Å²) in [5.41, 5.74) is 3.34. The molecule has 0 N–H and O–H groups in total. The molecule has 8 heteroatoms. The van der Waals surface area contributed by atoms with Crippen molar-refractivity contribution in [3.8, 4) is 11.5 Å². The van der Waals surface area contributed by atoms with Gasteiger partial charge in [-0.05, 0) is 46.3 Å². The summed E-state index contributed by atoms with van der Waals surface area (Å²) < 4.78 is 22.3. The molecule has 0 amide bonds. The van der Waals surface area contributed by atoms with Gasteiger partial charge in [-0.1, -0.05) is 41.5 Å². The second kappa shape index (κ2) is 9.15. The van der Waals surface area contributed by atoms with Crippen LogP contribution in [0.1, 0.15) is 84.5 Å². The Morgan fingerprint density at radius 3 is 1.45 bits per heavy atom. The van der Waals surface area contributed by atoms with Crippen LogP contribution in [0.2, 0.25) is 0 Å². The molecule has 0 saturated heterocycles. The highest BCUT2D eigenvalue weighted by atomic mass is 35.7. The van der Waals surface area contributed by atoms with E-state index in [9.17, 15) is 9.59 Å². The molecular weight excluding hydrogens is 463 g/mol. The molecule has 1 heterocycles. The number of hydrogen-bond donors (Lipinski definition) is 0. The number of halogens is 1. The Balaban J connectivity index is 2.33. The van der Waals surface area contributed by atoms with E-state index in [0.29, 0.717) is 29.0 Å². The first kappa shape index (κ1) is 25.3. The van der Waals surface area contributed by atoms with Crippen LogP contribution >= 0.6 is 19.0 Å². The lowest BCUT2D eigenvalue weighted by molar-refractivity contribution is 0.0591.